The van der Waals surface area contributed by atoms with E-state index >= 15 is 0 Å². The molecule has 2 aliphatic rings. The first kappa shape index (κ1) is 14.9. The minimum absolute atomic E-state index is 0.183. The lowest BCUT2D eigenvalue weighted by atomic mass is 9.97. The molecule has 2 saturated heterocycles. The molecule has 0 aromatic heterocycles. The highest BCUT2D eigenvalue weighted by Crippen LogP contribution is 2.26. The molecule has 19 heavy (non-hydrogen) atoms. The van der Waals surface area contributed by atoms with E-state index in [-0.39, 0.29) is 5.11 Å². The fraction of sp³-hybridized carbons (Fsp3) is 0.900. The maximum atomic E-state index is 9.95. The summed E-state index contributed by atoms with van der Waals surface area (Å²) in [6.45, 7) is -0.0283. The Morgan fingerprint density at radius 3 is 2.47 bits per heavy atom. The van der Waals surface area contributed by atoms with Crippen molar-refractivity contribution >= 4 is 17.3 Å². The van der Waals surface area contributed by atoms with Gasteiger partial charge in [-0.15, -0.1) is 0 Å². The molecule has 2 aliphatic heterocycles. The summed E-state index contributed by atoms with van der Waals surface area (Å²) in [4.78, 5) is 1.22. The van der Waals surface area contributed by atoms with E-state index in [0.717, 1.165) is 0 Å². The van der Waals surface area contributed by atoms with Crippen LogP contribution in [0, 0.1) is 0 Å². The Morgan fingerprint density at radius 1 is 1.21 bits per heavy atom. The van der Waals surface area contributed by atoms with Crippen LogP contribution < -0.4 is 5.32 Å². The van der Waals surface area contributed by atoms with Gasteiger partial charge >= 0.3 is 0 Å². The maximum absolute atomic E-state index is 9.95. The van der Waals surface area contributed by atoms with Gasteiger partial charge in [0.15, 0.2) is 11.3 Å². The van der Waals surface area contributed by atoms with Crippen LogP contribution >= 0.6 is 12.2 Å². The van der Waals surface area contributed by atoms with Crippen LogP contribution in [-0.2, 0) is 4.74 Å². The molecule has 0 aromatic rings. The van der Waals surface area contributed by atoms with Gasteiger partial charge in [-0.05, 0) is 12.2 Å². The molecule has 0 aromatic carbocycles. The lowest BCUT2D eigenvalue weighted by Crippen LogP contribution is -2.68. The number of aliphatic hydroxyl groups excluding tert-OH is 5. The van der Waals surface area contributed by atoms with Crippen LogP contribution in [0.1, 0.15) is 6.42 Å². The molecule has 2 fully saturated rings. The average molecular weight is 294 g/mol. The largest absolute Gasteiger partial charge is 0.394 e. The Labute approximate surface area is 115 Å². The van der Waals surface area contributed by atoms with Gasteiger partial charge in [0.2, 0.25) is 0 Å². The maximum Gasteiger partial charge on any atom is 0.173 e. The molecule has 6 atom stereocenters. The smallest absolute Gasteiger partial charge is 0.173 e. The van der Waals surface area contributed by atoms with E-state index in [1.54, 1.807) is 0 Å². The van der Waals surface area contributed by atoms with Crippen molar-refractivity contribution in [1.82, 2.24) is 10.2 Å². The van der Waals surface area contributed by atoms with E-state index in [1.165, 1.54) is 4.90 Å². The molecule has 0 radical (unpaired) electrons. The van der Waals surface area contributed by atoms with E-state index in [2.05, 4.69) is 5.32 Å². The molecule has 1 unspecified atom stereocenters. The summed E-state index contributed by atoms with van der Waals surface area (Å²) in [7, 11) is 0. The molecular weight excluding hydrogens is 276 g/mol. The zero-order valence-electron chi connectivity index (χ0n) is 10.1. The summed E-state index contributed by atoms with van der Waals surface area (Å²) < 4.78 is 5.34. The molecule has 0 saturated carbocycles. The number of rotatable bonds is 2. The van der Waals surface area contributed by atoms with Crippen molar-refractivity contribution in [1.29, 1.82) is 0 Å². The second-order valence-corrected chi connectivity index (χ2v) is 5.01. The van der Waals surface area contributed by atoms with E-state index in [1.807, 2.05) is 0 Å². The summed E-state index contributed by atoms with van der Waals surface area (Å²) in [5, 5.41) is 51.4. The third-order valence-corrected chi connectivity index (χ3v) is 3.73. The number of aliphatic hydroxyl groups is 5. The predicted molar refractivity (Wildman–Crippen MR) is 66.8 cm³/mol. The number of thiocarbonyl (C=S) groups is 1. The average Bonchev–Trinajstić information content (AvgIpc) is 2.38. The molecular formula is C10H18N2O6S. The van der Waals surface area contributed by atoms with E-state index < -0.39 is 43.5 Å². The van der Waals surface area contributed by atoms with Crippen molar-refractivity contribution in [3.8, 4) is 0 Å². The number of hydrogen-bond donors (Lipinski definition) is 6. The number of nitrogens with one attached hydrogen (secondary N) is 1. The Morgan fingerprint density at radius 2 is 1.89 bits per heavy atom. The van der Waals surface area contributed by atoms with Gasteiger partial charge in [-0.1, -0.05) is 0 Å². The summed E-state index contributed by atoms with van der Waals surface area (Å²) in [5.41, 5.74) is 0. The molecule has 110 valence electrons. The molecule has 6 N–H and O–H groups in total. The summed E-state index contributed by atoms with van der Waals surface area (Å²) >= 11 is 5.04. The van der Waals surface area contributed by atoms with Gasteiger partial charge in [-0.25, -0.2) is 0 Å². The first-order valence-corrected chi connectivity index (χ1v) is 6.43. The van der Waals surface area contributed by atoms with Gasteiger partial charge < -0.3 is 35.6 Å². The minimum atomic E-state index is -1.49. The predicted octanol–water partition coefficient (Wildman–Crippen LogP) is -3.32. The Balaban J connectivity index is 2.19. The van der Waals surface area contributed by atoms with Crippen LogP contribution in [0.15, 0.2) is 0 Å². The van der Waals surface area contributed by atoms with Gasteiger partial charge in [0.05, 0.1) is 6.61 Å². The van der Waals surface area contributed by atoms with E-state index in [9.17, 15) is 20.4 Å². The molecule has 2 heterocycles. The van der Waals surface area contributed by atoms with Gasteiger partial charge in [-0.2, -0.15) is 0 Å². The number of nitrogens with zero attached hydrogens (tertiary/aromatic N) is 1. The van der Waals surface area contributed by atoms with Crippen LogP contribution in [-0.4, -0.2) is 85.6 Å². The lowest BCUT2D eigenvalue weighted by molar-refractivity contribution is -0.269. The molecule has 9 heteroatoms. The summed E-state index contributed by atoms with van der Waals surface area (Å²) in [6, 6.07) is 0. The fourth-order valence-electron chi connectivity index (χ4n) is 2.27. The topological polar surface area (TPSA) is 126 Å². The van der Waals surface area contributed by atoms with Crippen molar-refractivity contribution in [2.75, 3.05) is 13.2 Å². The van der Waals surface area contributed by atoms with Crippen LogP contribution in [0.2, 0.25) is 0 Å². The van der Waals surface area contributed by atoms with Crippen molar-refractivity contribution < 1.29 is 30.3 Å². The van der Waals surface area contributed by atoms with Crippen molar-refractivity contribution in [3.63, 3.8) is 0 Å². The highest BCUT2D eigenvalue weighted by molar-refractivity contribution is 7.80. The summed E-state index contributed by atoms with van der Waals surface area (Å²) in [6.07, 6.45) is -7.13. The van der Waals surface area contributed by atoms with Crippen molar-refractivity contribution in [3.05, 3.63) is 0 Å². The third-order valence-electron chi connectivity index (χ3n) is 3.38. The first-order valence-electron chi connectivity index (χ1n) is 6.02. The second-order valence-electron chi connectivity index (χ2n) is 4.63. The van der Waals surface area contributed by atoms with Crippen LogP contribution in [0.3, 0.4) is 0 Å². The van der Waals surface area contributed by atoms with E-state index in [4.69, 9.17) is 22.1 Å². The molecule has 0 spiro atoms. The monoisotopic (exact) mass is 294 g/mol. The summed E-state index contributed by atoms with van der Waals surface area (Å²) in [5.74, 6) is 0. The number of hydrogen-bond acceptors (Lipinski definition) is 7. The highest BCUT2D eigenvalue weighted by Gasteiger charge is 2.48. The fourth-order valence-corrected chi connectivity index (χ4v) is 2.60. The Bertz CT molecular complexity index is 344. The quantitative estimate of drug-likeness (QED) is 0.290. The van der Waals surface area contributed by atoms with Crippen LogP contribution in [0.25, 0.3) is 0 Å². The highest BCUT2D eigenvalue weighted by atomic mass is 32.1. The lowest BCUT2D eigenvalue weighted by Gasteiger charge is -2.48. The first-order chi connectivity index (χ1) is 8.97. The molecule has 8 nitrogen and oxygen atoms in total. The SMILES string of the molecule is OC[C@H]1O[C@@H](N2C(=S)NCCC2O)[C@H](O)[C@@H](O)[C@@H]1O. The normalized spacial score (nSPS) is 44.1. The van der Waals surface area contributed by atoms with Gasteiger partial charge in [0, 0.05) is 13.0 Å². The third kappa shape index (κ3) is 2.68. The molecule has 0 bridgehead atoms. The zero-order chi connectivity index (χ0) is 14.2. The Kier molecular flexibility index (Phi) is 4.56. The Hall–Kier alpha value is -0.550. The second kappa shape index (κ2) is 5.83. The molecule has 0 amide bonds. The van der Waals surface area contributed by atoms with Crippen molar-refractivity contribution in [2.24, 2.45) is 0 Å². The molecule has 0 aliphatic carbocycles. The van der Waals surface area contributed by atoms with Crippen LogP contribution in [0.5, 0.6) is 0 Å². The van der Waals surface area contributed by atoms with Gasteiger partial charge in [0.1, 0.15) is 30.6 Å². The number of ether oxygens (including phenoxy) is 1. The van der Waals surface area contributed by atoms with Crippen molar-refractivity contribution in [2.45, 2.75) is 43.3 Å². The molecule has 2 rings (SSSR count). The van der Waals surface area contributed by atoms with Gasteiger partial charge in [0.25, 0.3) is 0 Å². The standard InChI is InChI=1S/C10H18N2O6S/c13-3-4-6(15)7(16)8(17)9(18-4)12-5(14)1-2-11-10(12)19/h4-9,13-17H,1-3H2,(H,11,19)/t4-,5?,6-,7+,8-,9-/m1/s1. The van der Waals surface area contributed by atoms with E-state index in [0.29, 0.717) is 13.0 Å². The minimum Gasteiger partial charge on any atom is -0.394 e. The van der Waals surface area contributed by atoms with Crippen LogP contribution in [0.4, 0.5) is 0 Å². The van der Waals surface area contributed by atoms with Gasteiger partial charge in [-0.3, -0.25) is 4.90 Å². The zero-order valence-corrected chi connectivity index (χ0v) is 10.9.